The van der Waals surface area contributed by atoms with E-state index in [0.717, 1.165) is 39.3 Å². The van der Waals surface area contributed by atoms with Crippen molar-refractivity contribution in [3.05, 3.63) is 70.8 Å². The normalized spacial score (nSPS) is 24.8. The van der Waals surface area contributed by atoms with E-state index in [-0.39, 0.29) is 0 Å². The second-order valence-corrected chi connectivity index (χ2v) is 7.98. The van der Waals surface area contributed by atoms with Gasteiger partial charge in [-0.2, -0.15) is 0 Å². The highest BCUT2D eigenvalue weighted by Crippen LogP contribution is 2.58. The second kappa shape index (κ2) is 9.19. The van der Waals surface area contributed by atoms with Crippen molar-refractivity contribution < 1.29 is 9.47 Å². The number of nitrogens with two attached hydrogens (primary N) is 2. The monoisotopic (exact) mass is 380 g/mol. The van der Waals surface area contributed by atoms with Crippen LogP contribution in [0.2, 0.25) is 0 Å². The first kappa shape index (κ1) is 19.6. The maximum Gasteiger partial charge on any atom is 0.0507 e. The lowest BCUT2D eigenvalue weighted by Gasteiger charge is -2.50. The minimum Gasteiger partial charge on any atom is -0.381 e. The molecule has 3 aliphatic rings. The largest absolute Gasteiger partial charge is 0.381 e. The molecule has 2 atom stereocenters. The molecule has 0 amide bonds. The van der Waals surface area contributed by atoms with E-state index in [1.54, 1.807) is 0 Å². The van der Waals surface area contributed by atoms with Crippen molar-refractivity contribution in [1.29, 1.82) is 0 Å². The molecule has 0 aromatic heterocycles. The van der Waals surface area contributed by atoms with Crippen LogP contribution in [0.1, 0.15) is 46.9 Å². The molecule has 0 spiro atoms. The fraction of sp³-hybridized carbons (Fsp3) is 0.500. The summed E-state index contributed by atoms with van der Waals surface area (Å²) in [7, 11) is 0. The molecule has 0 fully saturated rings. The Bertz CT molecular complexity index is 667. The van der Waals surface area contributed by atoms with Gasteiger partial charge in [-0.05, 0) is 60.0 Å². The maximum absolute atomic E-state index is 6.10. The minimum atomic E-state index is 0.374. The van der Waals surface area contributed by atoms with E-state index in [2.05, 4.69) is 48.5 Å². The zero-order valence-corrected chi connectivity index (χ0v) is 16.6. The quantitative estimate of drug-likeness (QED) is 0.621. The van der Waals surface area contributed by atoms with Gasteiger partial charge < -0.3 is 20.9 Å². The van der Waals surface area contributed by atoms with E-state index < -0.39 is 0 Å². The topological polar surface area (TPSA) is 70.5 Å². The van der Waals surface area contributed by atoms with Gasteiger partial charge in [-0.1, -0.05) is 48.5 Å². The van der Waals surface area contributed by atoms with Crippen LogP contribution in [0.25, 0.3) is 0 Å². The summed E-state index contributed by atoms with van der Waals surface area (Å²) < 4.78 is 12.2. The summed E-state index contributed by atoms with van der Waals surface area (Å²) in [4.78, 5) is 0. The molecule has 0 radical (unpaired) electrons. The lowest BCUT2D eigenvalue weighted by Crippen LogP contribution is -2.44. The van der Waals surface area contributed by atoms with Gasteiger partial charge in [0.1, 0.15) is 0 Å². The summed E-state index contributed by atoms with van der Waals surface area (Å²) in [6, 6.07) is 17.9. The molecule has 4 nitrogen and oxygen atoms in total. The SMILES string of the molecule is NCCCOC[C@@H]1C2c3ccccc3C(c3ccccc32)[C@H]1COCCCN. The number of hydrogen-bond donors (Lipinski definition) is 2. The average Bonchev–Trinajstić information content (AvgIpc) is 2.74. The fourth-order valence-electron chi connectivity index (χ4n) is 5.16. The van der Waals surface area contributed by atoms with Crippen molar-refractivity contribution in [2.45, 2.75) is 24.7 Å². The van der Waals surface area contributed by atoms with E-state index in [1.807, 2.05) is 0 Å². The van der Waals surface area contributed by atoms with Crippen LogP contribution in [0.3, 0.4) is 0 Å². The van der Waals surface area contributed by atoms with Gasteiger partial charge in [0.2, 0.25) is 0 Å². The van der Waals surface area contributed by atoms with Crippen molar-refractivity contribution >= 4 is 0 Å². The van der Waals surface area contributed by atoms with Crippen molar-refractivity contribution in [2.75, 3.05) is 39.5 Å². The van der Waals surface area contributed by atoms with E-state index >= 15 is 0 Å². The Morgan fingerprint density at radius 2 is 0.964 bits per heavy atom. The molecule has 5 rings (SSSR count). The zero-order chi connectivity index (χ0) is 19.3. The van der Waals surface area contributed by atoms with Gasteiger partial charge in [-0.25, -0.2) is 0 Å². The number of rotatable bonds is 10. The minimum absolute atomic E-state index is 0.374. The molecule has 2 aromatic carbocycles. The first-order valence-electron chi connectivity index (χ1n) is 10.6. The summed E-state index contributed by atoms with van der Waals surface area (Å²) >= 11 is 0. The van der Waals surface area contributed by atoms with Gasteiger partial charge >= 0.3 is 0 Å². The summed E-state index contributed by atoms with van der Waals surface area (Å²) in [5, 5.41) is 0. The molecule has 0 heterocycles. The third-order valence-corrected chi connectivity index (χ3v) is 6.34. The molecule has 0 saturated carbocycles. The van der Waals surface area contributed by atoms with Gasteiger partial charge in [0.15, 0.2) is 0 Å². The van der Waals surface area contributed by atoms with Crippen molar-refractivity contribution in [3.8, 4) is 0 Å². The Labute approximate surface area is 168 Å². The zero-order valence-electron chi connectivity index (χ0n) is 16.6. The second-order valence-electron chi connectivity index (χ2n) is 7.98. The highest BCUT2D eigenvalue weighted by atomic mass is 16.5. The molecule has 4 N–H and O–H groups in total. The van der Waals surface area contributed by atoms with E-state index in [4.69, 9.17) is 20.9 Å². The smallest absolute Gasteiger partial charge is 0.0507 e. The number of benzene rings is 2. The van der Waals surface area contributed by atoms with E-state index in [9.17, 15) is 0 Å². The van der Waals surface area contributed by atoms with Crippen LogP contribution in [0.5, 0.6) is 0 Å². The predicted octanol–water partition coefficient (Wildman–Crippen LogP) is 3.24. The molecule has 0 saturated heterocycles. The third kappa shape index (κ3) is 3.62. The Hall–Kier alpha value is -1.72. The maximum atomic E-state index is 6.10. The average molecular weight is 381 g/mol. The highest BCUT2D eigenvalue weighted by molar-refractivity contribution is 5.56. The summed E-state index contributed by atoms with van der Waals surface area (Å²) in [6.07, 6.45) is 1.82. The van der Waals surface area contributed by atoms with Crippen LogP contribution < -0.4 is 11.5 Å². The third-order valence-electron chi connectivity index (χ3n) is 6.34. The molecule has 2 bridgehead atoms. The predicted molar refractivity (Wildman–Crippen MR) is 113 cm³/mol. The van der Waals surface area contributed by atoms with Gasteiger partial charge in [0.25, 0.3) is 0 Å². The lowest BCUT2D eigenvalue weighted by atomic mass is 9.54. The molecule has 28 heavy (non-hydrogen) atoms. The van der Waals surface area contributed by atoms with Crippen LogP contribution >= 0.6 is 0 Å². The molecule has 150 valence electrons. The molecule has 4 heteroatoms. The van der Waals surface area contributed by atoms with Crippen molar-refractivity contribution in [2.24, 2.45) is 23.3 Å². The molecule has 0 unspecified atom stereocenters. The van der Waals surface area contributed by atoms with Crippen LogP contribution in [0, 0.1) is 11.8 Å². The summed E-state index contributed by atoms with van der Waals surface area (Å²) in [5.74, 6) is 1.59. The highest BCUT2D eigenvalue weighted by Gasteiger charge is 2.49. The number of hydrogen-bond acceptors (Lipinski definition) is 4. The number of ether oxygens (including phenoxy) is 2. The number of fused-ring (bicyclic) bond motifs is 1. The first-order valence-corrected chi connectivity index (χ1v) is 10.6. The van der Waals surface area contributed by atoms with E-state index in [1.165, 1.54) is 22.3 Å². The standard InChI is InChI=1S/C24H32N2O2/c25-11-5-13-27-15-21-22(16-28-14-6-12-26)24-18-8-2-1-7-17(18)23(21)19-9-3-4-10-20(19)24/h1-4,7-10,21-24H,5-6,11-16,25-26H2/t21-,22-,23?,24?/m0/s1. The first-order chi connectivity index (χ1) is 13.9. The Kier molecular flexibility index (Phi) is 6.43. The van der Waals surface area contributed by atoms with Crippen LogP contribution in [-0.4, -0.2) is 39.5 Å². The van der Waals surface area contributed by atoms with Gasteiger partial charge in [-0.15, -0.1) is 0 Å². The van der Waals surface area contributed by atoms with Crippen molar-refractivity contribution in [1.82, 2.24) is 0 Å². The Morgan fingerprint density at radius 1 is 0.607 bits per heavy atom. The summed E-state index contributed by atoms with van der Waals surface area (Å²) in [6.45, 7) is 4.33. The lowest BCUT2D eigenvalue weighted by molar-refractivity contribution is 0.00954. The molecule has 3 aliphatic carbocycles. The van der Waals surface area contributed by atoms with Crippen LogP contribution in [-0.2, 0) is 9.47 Å². The van der Waals surface area contributed by atoms with Gasteiger partial charge in [0, 0.05) is 25.0 Å². The molecular weight excluding hydrogens is 348 g/mol. The Morgan fingerprint density at radius 3 is 1.29 bits per heavy atom. The van der Waals surface area contributed by atoms with Gasteiger partial charge in [-0.3, -0.25) is 0 Å². The van der Waals surface area contributed by atoms with Gasteiger partial charge in [0.05, 0.1) is 13.2 Å². The van der Waals surface area contributed by atoms with Crippen LogP contribution in [0.4, 0.5) is 0 Å². The molecule has 0 aliphatic heterocycles. The Balaban J connectivity index is 1.67. The fourth-order valence-corrected chi connectivity index (χ4v) is 5.16. The van der Waals surface area contributed by atoms with E-state index in [0.29, 0.717) is 36.8 Å². The van der Waals surface area contributed by atoms with Crippen LogP contribution in [0.15, 0.2) is 48.5 Å². The summed E-state index contributed by atoms with van der Waals surface area (Å²) in [5.41, 5.74) is 17.2. The van der Waals surface area contributed by atoms with Crippen molar-refractivity contribution in [3.63, 3.8) is 0 Å². The molecular formula is C24H32N2O2. The molecule has 2 aromatic rings.